The smallest absolute Gasteiger partial charge is 0.216 e. The second kappa shape index (κ2) is 14.9. The van der Waals surface area contributed by atoms with Crippen LogP contribution in [-0.2, 0) is 20.1 Å². The van der Waals surface area contributed by atoms with Crippen molar-refractivity contribution in [2.75, 3.05) is 0 Å². The van der Waals surface area contributed by atoms with Crippen molar-refractivity contribution in [3.63, 3.8) is 0 Å². The molecule has 0 spiro atoms. The normalized spacial score (nSPS) is 15.3. The molecule has 0 aliphatic carbocycles. The first kappa shape index (κ1) is 22.9. The number of rotatable bonds is 4. The summed E-state index contributed by atoms with van der Waals surface area (Å²) in [6, 6.07) is 43.7. The number of benzene rings is 5. The summed E-state index contributed by atoms with van der Waals surface area (Å²) < 4.78 is 98.2. The Bertz CT molecular complexity index is 3050. The minimum Gasteiger partial charge on any atom is -0.486 e. The second-order valence-corrected chi connectivity index (χ2v) is 11.9. The van der Waals surface area contributed by atoms with Gasteiger partial charge in [0.2, 0.25) is 5.71 Å². The zero-order valence-corrected chi connectivity index (χ0v) is 29.8. The number of furan rings is 1. The van der Waals surface area contributed by atoms with E-state index in [-0.39, 0.29) is 48.2 Å². The van der Waals surface area contributed by atoms with Crippen LogP contribution in [0.3, 0.4) is 0 Å². The van der Waals surface area contributed by atoms with Gasteiger partial charge in [-0.05, 0) is 100 Å². The van der Waals surface area contributed by atoms with E-state index in [1.807, 2.05) is 72.8 Å². The predicted octanol–water partition coefficient (Wildman–Crippen LogP) is 12.1. The molecule has 0 atom stereocenters. The van der Waals surface area contributed by atoms with Crippen LogP contribution in [-0.4, -0.2) is 15.0 Å². The molecule has 4 aromatic heterocycles. The fourth-order valence-corrected chi connectivity index (χ4v) is 6.07. The van der Waals surface area contributed by atoms with Crippen LogP contribution in [0.25, 0.3) is 77.6 Å². The molecule has 0 aliphatic heterocycles. The molecule has 0 unspecified atom stereocenters. The summed E-state index contributed by atoms with van der Waals surface area (Å²) >= 11 is 0. The first-order chi connectivity index (χ1) is 29.8. The number of pyridine rings is 3. The van der Waals surface area contributed by atoms with E-state index in [1.165, 1.54) is 30.5 Å². The fraction of sp³-hybridized carbons (Fsp3) is 0.0851. The summed E-state index contributed by atoms with van der Waals surface area (Å²) in [5.74, 6) is 0. The molecule has 0 N–H and O–H groups in total. The van der Waals surface area contributed by atoms with Crippen LogP contribution in [0.1, 0.15) is 38.8 Å². The first-order valence-electron chi connectivity index (χ1n) is 22.1. The maximum atomic E-state index is 8.46. The summed E-state index contributed by atoms with van der Waals surface area (Å²) in [4.78, 5) is 12.9. The van der Waals surface area contributed by atoms with Gasteiger partial charge in [-0.15, -0.1) is 53.6 Å². The molecule has 4 nitrogen and oxygen atoms in total. The van der Waals surface area contributed by atoms with E-state index in [9.17, 15) is 0 Å². The molecule has 0 saturated heterocycles. The Morgan fingerprint density at radius 1 is 0.635 bits per heavy atom. The molecule has 9 aromatic rings. The molecule has 9 rings (SSSR count). The van der Waals surface area contributed by atoms with Crippen LogP contribution in [0, 0.1) is 39.5 Å². The van der Waals surface area contributed by atoms with Gasteiger partial charge in [0.1, 0.15) is 0 Å². The fourth-order valence-electron chi connectivity index (χ4n) is 6.07. The van der Waals surface area contributed by atoms with Crippen LogP contribution in [0.15, 0.2) is 144 Å². The molecule has 255 valence electrons. The molecule has 0 bridgehead atoms. The Morgan fingerprint density at radius 2 is 1.52 bits per heavy atom. The zero-order chi connectivity index (χ0) is 44.9. The Kier molecular flexibility index (Phi) is 6.55. The number of aromatic nitrogens is 3. The van der Waals surface area contributed by atoms with E-state index in [4.69, 9.17) is 20.9 Å². The van der Waals surface area contributed by atoms with E-state index < -0.39 is 27.4 Å². The maximum Gasteiger partial charge on any atom is 0.216 e. The molecular formula is C47H35IrN3O-2. The third-order valence-electron chi connectivity index (χ3n) is 8.60. The maximum absolute atomic E-state index is 8.46. The average Bonchev–Trinajstić information content (AvgIpc) is 3.64. The molecule has 52 heavy (non-hydrogen) atoms. The van der Waals surface area contributed by atoms with Gasteiger partial charge in [0, 0.05) is 60.0 Å². The third-order valence-corrected chi connectivity index (χ3v) is 8.60. The third kappa shape index (κ3) is 6.94. The van der Waals surface area contributed by atoms with Crippen LogP contribution in [0.2, 0.25) is 0 Å². The van der Waals surface area contributed by atoms with Crippen molar-refractivity contribution in [2.24, 2.45) is 0 Å². The minimum absolute atomic E-state index is 0. The summed E-state index contributed by atoms with van der Waals surface area (Å²) in [7, 11) is 0. The van der Waals surface area contributed by atoms with E-state index in [1.54, 1.807) is 36.5 Å². The van der Waals surface area contributed by atoms with E-state index in [0.29, 0.717) is 50.0 Å². The molecule has 5 aromatic carbocycles. The van der Waals surface area contributed by atoms with Gasteiger partial charge < -0.3 is 14.4 Å². The summed E-state index contributed by atoms with van der Waals surface area (Å²) in [6.45, 7) is -9.07. The standard InChI is InChI=1S/C34H23N2O.C13H12N.Ir/c1-21-11-14-30-29-9-6-10-31(33(29)37-34(30)36-21)32-20-26(17-18-35-32)28-16-13-25-19-24(12-15-27(25)22(28)2)23-7-4-3-5-8-23;1-10-3-6-12(7-4-10)13-8-5-11(2)9-14-13;/h3-9,11-20H,1-2H3;3-6,8-9H,1-2H3;/q2*-1;/i2*1D3,2D3;. The van der Waals surface area contributed by atoms with Crippen LogP contribution >= 0.6 is 0 Å². The van der Waals surface area contributed by atoms with E-state index >= 15 is 0 Å². The largest absolute Gasteiger partial charge is 0.486 e. The van der Waals surface area contributed by atoms with E-state index in [2.05, 4.69) is 27.1 Å². The van der Waals surface area contributed by atoms with Crippen LogP contribution in [0.4, 0.5) is 0 Å². The Morgan fingerprint density at radius 3 is 2.31 bits per heavy atom. The number of fused-ring (bicyclic) bond motifs is 4. The minimum atomic E-state index is -2.37. The van der Waals surface area contributed by atoms with Gasteiger partial charge in [-0.1, -0.05) is 90.6 Å². The molecule has 0 fully saturated rings. The summed E-state index contributed by atoms with van der Waals surface area (Å²) in [6.07, 6.45) is 2.94. The van der Waals surface area contributed by atoms with E-state index in [0.717, 1.165) is 21.9 Å². The molecule has 1 radical (unpaired) electrons. The van der Waals surface area contributed by atoms with Gasteiger partial charge in [-0.3, -0.25) is 0 Å². The van der Waals surface area contributed by atoms with Crippen molar-refractivity contribution in [1.82, 2.24) is 15.0 Å². The molecule has 0 saturated carbocycles. The van der Waals surface area contributed by atoms with Gasteiger partial charge in [0.25, 0.3) is 0 Å². The Labute approximate surface area is 334 Å². The SMILES string of the molecule is [2H]C([2H])([2H])c1c[c-]c(-c2ccc(C([2H])([2H])[2H])cn2)cc1.[2H]C([2H])([2H])c1ccc2c(n1)oc1c(-c3cc(-c4ccc5cc(-c6ccccc6)ccc5c4C([2H])([2H])[2H])ccn3)[c-]ccc12.[Ir]. The topological polar surface area (TPSA) is 51.8 Å². The molecule has 0 amide bonds. The number of hydrogen-bond acceptors (Lipinski definition) is 4. The van der Waals surface area contributed by atoms with Crippen molar-refractivity contribution in [1.29, 1.82) is 0 Å². The van der Waals surface area contributed by atoms with Gasteiger partial charge >= 0.3 is 0 Å². The zero-order valence-electron chi connectivity index (χ0n) is 39.4. The number of hydrogen-bond donors (Lipinski definition) is 0. The monoisotopic (exact) mass is 862 g/mol. The Hall–Kier alpha value is -5.74. The summed E-state index contributed by atoms with van der Waals surface area (Å²) in [5, 5.41) is 2.94. The Balaban J connectivity index is 0.000000246. The first-order valence-corrected chi connectivity index (χ1v) is 16.1. The second-order valence-electron chi connectivity index (χ2n) is 11.9. The van der Waals surface area contributed by atoms with Gasteiger partial charge in [0.05, 0.1) is 5.58 Å². The quantitative estimate of drug-likeness (QED) is 0.165. The summed E-state index contributed by atoms with van der Waals surface area (Å²) in [5.41, 5.74) is 6.91. The van der Waals surface area contributed by atoms with Crippen LogP contribution < -0.4 is 0 Å². The molecular weight excluding hydrogens is 815 g/mol. The van der Waals surface area contributed by atoms with Crippen molar-refractivity contribution in [3.8, 4) is 44.8 Å². The van der Waals surface area contributed by atoms with Crippen molar-refractivity contribution < 1.29 is 41.0 Å². The van der Waals surface area contributed by atoms with Crippen LogP contribution in [0.5, 0.6) is 0 Å². The molecule has 5 heteroatoms. The number of aryl methyl sites for hydroxylation is 4. The molecule has 0 aliphatic rings. The van der Waals surface area contributed by atoms with Gasteiger partial charge in [-0.2, -0.15) is 0 Å². The van der Waals surface area contributed by atoms with Crippen molar-refractivity contribution in [2.45, 2.75) is 27.4 Å². The van der Waals surface area contributed by atoms with Gasteiger partial charge in [0.15, 0.2) is 0 Å². The van der Waals surface area contributed by atoms with Crippen molar-refractivity contribution >= 4 is 32.8 Å². The molecule has 4 heterocycles. The predicted molar refractivity (Wildman–Crippen MR) is 209 cm³/mol. The van der Waals surface area contributed by atoms with Crippen molar-refractivity contribution in [3.05, 3.63) is 174 Å². The van der Waals surface area contributed by atoms with Gasteiger partial charge in [-0.25, -0.2) is 4.98 Å². The number of nitrogens with zero attached hydrogens (tertiary/aromatic N) is 3. The average molecular weight is 862 g/mol.